The summed E-state index contributed by atoms with van der Waals surface area (Å²) in [4.78, 5) is 28.0. The molecule has 0 aromatic carbocycles. The molecule has 0 saturated carbocycles. The Kier molecular flexibility index (Phi) is 5.83. The lowest BCUT2D eigenvalue weighted by Gasteiger charge is -2.34. The average molecular weight is 476 g/mol. The lowest BCUT2D eigenvalue weighted by atomic mass is 9.94. The standard InChI is InChI=1S/C24H29N9O2/c1-24(2,3)35-23(34)32-9-5-6-16(15-32)19-10-21(30-20-13-25-7-8-26-20)33-22(29-19)18(12-28-33)17-11-27-31(4)14-17/h7-8,10-14,16H,5-6,9,15H2,1-4H3,(H,26,30). The van der Waals surface area contributed by atoms with Gasteiger partial charge in [-0.05, 0) is 33.6 Å². The molecule has 182 valence electrons. The van der Waals surface area contributed by atoms with Crippen molar-refractivity contribution in [3.05, 3.63) is 48.9 Å². The average Bonchev–Trinajstić information content (AvgIpc) is 3.45. The predicted molar refractivity (Wildman–Crippen MR) is 130 cm³/mol. The summed E-state index contributed by atoms with van der Waals surface area (Å²) in [5.41, 5.74) is 2.85. The number of aryl methyl sites for hydroxylation is 1. The highest BCUT2D eigenvalue weighted by Gasteiger charge is 2.30. The first kappa shape index (κ1) is 22.8. The lowest BCUT2D eigenvalue weighted by molar-refractivity contribution is 0.0197. The molecule has 1 aliphatic rings. The van der Waals surface area contributed by atoms with E-state index in [0.717, 1.165) is 35.5 Å². The molecule has 1 N–H and O–H groups in total. The molecule has 4 aromatic rings. The van der Waals surface area contributed by atoms with Gasteiger partial charge in [0.05, 0.1) is 24.3 Å². The van der Waals surface area contributed by atoms with Gasteiger partial charge in [-0.25, -0.2) is 14.8 Å². The summed E-state index contributed by atoms with van der Waals surface area (Å²) in [5, 5.41) is 12.2. The van der Waals surface area contributed by atoms with Crippen LogP contribution in [0, 0.1) is 0 Å². The van der Waals surface area contributed by atoms with Gasteiger partial charge in [0.1, 0.15) is 17.2 Å². The monoisotopic (exact) mass is 475 g/mol. The van der Waals surface area contributed by atoms with Crippen LogP contribution in [0.4, 0.5) is 16.4 Å². The van der Waals surface area contributed by atoms with E-state index in [0.29, 0.717) is 24.6 Å². The summed E-state index contributed by atoms with van der Waals surface area (Å²) >= 11 is 0. The van der Waals surface area contributed by atoms with E-state index in [4.69, 9.17) is 9.72 Å². The van der Waals surface area contributed by atoms with E-state index < -0.39 is 5.60 Å². The Morgan fingerprint density at radius 1 is 1.17 bits per heavy atom. The van der Waals surface area contributed by atoms with E-state index in [1.54, 1.807) is 45.1 Å². The van der Waals surface area contributed by atoms with Crippen LogP contribution in [0.25, 0.3) is 16.8 Å². The van der Waals surface area contributed by atoms with Gasteiger partial charge in [-0.2, -0.15) is 14.7 Å². The van der Waals surface area contributed by atoms with Crippen molar-refractivity contribution in [3.63, 3.8) is 0 Å². The minimum absolute atomic E-state index is 0.0559. The van der Waals surface area contributed by atoms with Crippen LogP contribution >= 0.6 is 0 Å². The molecule has 0 aliphatic carbocycles. The third-order valence-electron chi connectivity index (χ3n) is 5.82. The van der Waals surface area contributed by atoms with Crippen LogP contribution in [0.5, 0.6) is 0 Å². The normalized spacial score (nSPS) is 16.5. The summed E-state index contributed by atoms with van der Waals surface area (Å²) in [6.07, 6.45) is 11.9. The Morgan fingerprint density at radius 2 is 2.03 bits per heavy atom. The highest BCUT2D eigenvalue weighted by atomic mass is 16.6. The number of hydrogen-bond acceptors (Lipinski definition) is 8. The highest BCUT2D eigenvalue weighted by Crippen LogP contribution is 2.32. The molecule has 0 radical (unpaired) electrons. The third kappa shape index (κ3) is 4.93. The van der Waals surface area contributed by atoms with Gasteiger partial charge in [0, 0.05) is 61.8 Å². The van der Waals surface area contributed by atoms with Gasteiger partial charge in [0.25, 0.3) is 0 Å². The topological polar surface area (TPSA) is 115 Å². The summed E-state index contributed by atoms with van der Waals surface area (Å²) < 4.78 is 9.13. The Bertz CT molecular complexity index is 1340. The van der Waals surface area contributed by atoms with Crippen molar-refractivity contribution in [2.45, 2.75) is 45.1 Å². The fourth-order valence-electron chi connectivity index (χ4n) is 4.25. The van der Waals surface area contributed by atoms with Crippen LogP contribution in [0.3, 0.4) is 0 Å². The molecule has 11 heteroatoms. The zero-order valence-corrected chi connectivity index (χ0v) is 20.3. The Balaban J connectivity index is 1.53. The number of rotatable bonds is 4. The van der Waals surface area contributed by atoms with E-state index in [1.807, 2.05) is 40.1 Å². The van der Waals surface area contributed by atoms with Gasteiger partial charge < -0.3 is 15.0 Å². The number of anilines is 2. The second-order valence-electron chi connectivity index (χ2n) is 9.74. The summed E-state index contributed by atoms with van der Waals surface area (Å²) in [6.45, 7) is 6.86. The molecule has 1 unspecified atom stereocenters. The van der Waals surface area contributed by atoms with Crippen molar-refractivity contribution < 1.29 is 9.53 Å². The highest BCUT2D eigenvalue weighted by molar-refractivity contribution is 5.78. The van der Waals surface area contributed by atoms with Crippen molar-refractivity contribution in [2.75, 3.05) is 18.4 Å². The second-order valence-corrected chi connectivity index (χ2v) is 9.74. The number of nitrogens with zero attached hydrogens (tertiary/aromatic N) is 8. The SMILES string of the molecule is Cn1cc(-c2cnn3c(Nc4cnccn4)cc(C4CCCN(C(=O)OC(C)(C)C)C4)nc23)cn1. The molecule has 4 aromatic heterocycles. The number of ether oxygens (including phenoxy) is 1. The number of carbonyl (C=O) groups excluding carboxylic acids is 1. The zero-order chi connectivity index (χ0) is 24.6. The molecule has 1 amide bonds. The quantitative estimate of drug-likeness (QED) is 0.474. The first-order chi connectivity index (χ1) is 16.8. The van der Waals surface area contributed by atoms with Gasteiger partial charge in [-0.1, -0.05) is 0 Å². The molecule has 1 atom stereocenters. The zero-order valence-electron chi connectivity index (χ0n) is 20.3. The van der Waals surface area contributed by atoms with Crippen LogP contribution in [0.1, 0.15) is 45.2 Å². The Labute approximate surface area is 203 Å². The van der Waals surface area contributed by atoms with Crippen LogP contribution in [0.15, 0.2) is 43.2 Å². The van der Waals surface area contributed by atoms with Gasteiger partial charge in [0.15, 0.2) is 5.65 Å². The number of nitrogens with one attached hydrogen (secondary N) is 1. The van der Waals surface area contributed by atoms with Crippen molar-refractivity contribution >= 4 is 23.4 Å². The Hall–Kier alpha value is -4.02. The first-order valence-corrected chi connectivity index (χ1v) is 11.7. The van der Waals surface area contributed by atoms with E-state index in [1.165, 1.54) is 0 Å². The van der Waals surface area contributed by atoms with Gasteiger partial charge in [-0.3, -0.25) is 9.67 Å². The van der Waals surface area contributed by atoms with Crippen LogP contribution in [-0.2, 0) is 11.8 Å². The number of fused-ring (bicyclic) bond motifs is 1. The molecule has 1 aliphatic heterocycles. The van der Waals surface area contributed by atoms with E-state index in [-0.39, 0.29) is 12.0 Å². The van der Waals surface area contributed by atoms with E-state index in [9.17, 15) is 4.79 Å². The predicted octanol–water partition coefficient (Wildman–Crippen LogP) is 3.78. The minimum Gasteiger partial charge on any atom is -0.444 e. The molecule has 35 heavy (non-hydrogen) atoms. The molecule has 1 fully saturated rings. The molecule has 5 rings (SSSR count). The first-order valence-electron chi connectivity index (χ1n) is 11.7. The molecule has 0 bridgehead atoms. The number of piperidine rings is 1. The third-order valence-corrected chi connectivity index (χ3v) is 5.82. The summed E-state index contributed by atoms with van der Waals surface area (Å²) in [5.74, 6) is 1.37. The molecule has 1 saturated heterocycles. The lowest BCUT2D eigenvalue weighted by Crippen LogP contribution is -2.42. The van der Waals surface area contributed by atoms with Crippen LogP contribution in [-0.4, -0.2) is 64.0 Å². The number of amides is 1. The van der Waals surface area contributed by atoms with Gasteiger partial charge in [-0.15, -0.1) is 0 Å². The minimum atomic E-state index is -0.536. The maximum absolute atomic E-state index is 12.7. The second kappa shape index (κ2) is 8.97. The van der Waals surface area contributed by atoms with Crippen molar-refractivity contribution in [1.82, 2.24) is 39.2 Å². The maximum Gasteiger partial charge on any atom is 0.410 e. The molecule has 0 spiro atoms. The van der Waals surface area contributed by atoms with Gasteiger partial charge >= 0.3 is 6.09 Å². The van der Waals surface area contributed by atoms with Crippen LogP contribution in [0.2, 0.25) is 0 Å². The van der Waals surface area contributed by atoms with Crippen molar-refractivity contribution in [1.29, 1.82) is 0 Å². The largest absolute Gasteiger partial charge is 0.444 e. The molecular weight excluding hydrogens is 446 g/mol. The van der Waals surface area contributed by atoms with E-state index in [2.05, 4.69) is 25.5 Å². The number of hydrogen-bond donors (Lipinski definition) is 1. The molecular formula is C24H29N9O2. The maximum atomic E-state index is 12.7. The van der Waals surface area contributed by atoms with Crippen molar-refractivity contribution in [3.8, 4) is 11.1 Å². The Morgan fingerprint density at radius 3 is 2.74 bits per heavy atom. The smallest absolute Gasteiger partial charge is 0.410 e. The van der Waals surface area contributed by atoms with Crippen LogP contribution < -0.4 is 5.32 Å². The summed E-state index contributed by atoms with van der Waals surface area (Å²) in [6, 6.07) is 1.98. The summed E-state index contributed by atoms with van der Waals surface area (Å²) in [7, 11) is 1.88. The molecule has 11 nitrogen and oxygen atoms in total. The number of aromatic nitrogens is 7. The number of likely N-dealkylation sites (tertiary alicyclic amines) is 1. The van der Waals surface area contributed by atoms with Gasteiger partial charge in [0.2, 0.25) is 0 Å². The van der Waals surface area contributed by atoms with Crippen molar-refractivity contribution in [2.24, 2.45) is 7.05 Å². The number of carbonyl (C=O) groups is 1. The fourth-order valence-corrected chi connectivity index (χ4v) is 4.25. The molecule has 5 heterocycles. The van der Waals surface area contributed by atoms with E-state index >= 15 is 0 Å². The fraction of sp³-hybridized carbons (Fsp3) is 0.417.